The summed E-state index contributed by atoms with van der Waals surface area (Å²) < 4.78 is 5.66. The summed E-state index contributed by atoms with van der Waals surface area (Å²) in [5.74, 6) is 0.898. The van der Waals surface area contributed by atoms with E-state index in [0.29, 0.717) is 6.61 Å². The van der Waals surface area contributed by atoms with Crippen LogP contribution >= 0.6 is 0 Å². The maximum atomic E-state index is 12.7. The molecule has 0 radical (unpaired) electrons. The second kappa shape index (κ2) is 6.07. The minimum atomic E-state index is 0.0140. The van der Waals surface area contributed by atoms with Crippen LogP contribution in [0.3, 0.4) is 0 Å². The number of amides is 1. The van der Waals surface area contributed by atoms with E-state index in [0.717, 1.165) is 36.1 Å². The van der Waals surface area contributed by atoms with Crippen molar-refractivity contribution in [2.75, 3.05) is 6.61 Å². The van der Waals surface area contributed by atoms with Crippen LogP contribution in [0.4, 0.5) is 0 Å². The predicted molar refractivity (Wildman–Crippen MR) is 89.8 cm³/mol. The van der Waals surface area contributed by atoms with Crippen LogP contribution in [0.1, 0.15) is 52.4 Å². The van der Waals surface area contributed by atoms with E-state index in [4.69, 9.17) is 4.74 Å². The number of carbonyl (C=O) groups excluding carboxylic acids is 1. The fraction of sp³-hybridized carbons (Fsp3) is 0.350. The third kappa shape index (κ3) is 2.83. The molecule has 0 fully saturated rings. The number of hydrogen-bond donors (Lipinski definition) is 1. The fourth-order valence-corrected chi connectivity index (χ4v) is 3.61. The Balaban J connectivity index is 1.55. The molecule has 4 rings (SSSR count). The van der Waals surface area contributed by atoms with Gasteiger partial charge in [0.05, 0.1) is 12.6 Å². The molecule has 2 aromatic carbocycles. The summed E-state index contributed by atoms with van der Waals surface area (Å²) >= 11 is 0. The van der Waals surface area contributed by atoms with Crippen LogP contribution < -0.4 is 10.1 Å². The molecule has 0 unspecified atom stereocenters. The van der Waals surface area contributed by atoms with E-state index in [1.807, 2.05) is 30.3 Å². The molecule has 0 bridgehead atoms. The van der Waals surface area contributed by atoms with Crippen molar-refractivity contribution >= 4 is 5.91 Å². The number of ether oxygens (including phenoxy) is 1. The van der Waals surface area contributed by atoms with Gasteiger partial charge in [-0.1, -0.05) is 24.3 Å². The second-order valence-corrected chi connectivity index (χ2v) is 6.39. The minimum absolute atomic E-state index is 0.0140. The van der Waals surface area contributed by atoms with Gasteiger partial charge < -0.3 is 10.1 Å². The molecule has 0 saturated carbocycles. The van der Waals surface area contributed by atoms with Crippen LogP contribution in [0.2, 0.25) is 0 Å². The average molecular weight is 307 g/mol. The Bertz CT molecular complexity index is 738. The van der Waals surface area contributed by atoms with Crippen molar-refractivity contribution in [1.82, 2.24) is 5.32 Å². The second-order valence-electron chi connectivity index (χ2n) is 6.39. The number of para-hydroxylation sites is 1. The molecular weight excluding hydrogens is 286 g/mol. The first-order chi connectivity index (χ1) is 11.3. The number of rotatable bonds is 2. The largest absolute Gasteiger partial charge is 0.493 e. The van der Waals surface area contributed by atoms with Gasteiger partial charge >= 0.3 is 0 Å². The molecule has 0 saturated heterocycles. The van der Waals surface area contributed by atoms with Crippen molar-refractivity contribution in [3.63, 3.8) is 0 Å². The molecule has 2 aliphatic rings. The Hall–Kier alpha value is -2.29. The number of hydrogen-bond acceptors (Lipinski definition) is 2. The summed E-state index contributed by atoms with van der Waals surface area (Å²) in [5.41, 5.74) is 4.60. The van der Waals surface area contributed by atoms with Gasteiger partial charge in [-0.3, -0.25) is 4.79 Å². The van der Waals surface area contributed by atoms with Gasteiger partial charge in [-0.2, -0.15) is 0 Å². The molecule has 1 aliphatic heterocycles. The molecule has 1 atom stereocenters. The Kier molecular flexibility index (Phi) is 3.78. The van der Waals surface area contributed by atoms with Gasteiger partial charge in [-0.15, -0.1) is 0 Å². The van der Waals surface area contributed by atoms with E-state index in [2.05, 4.69) is 17.4 Å². The molecule has 0 spiro atoms. The first kappa shape index (κ1) is 14.3. The maximum absolute atomic E-state index is 12.7. The van der Waals surface area contributed by atoms with Crippen molar-refractivity contribution in [2.24, 2.45) is 0 Å². The lowest BCUT2D eigenvalue weighted by molar-refractivity contribution is 0.0924. The first-order valence-electron chi connectivity index (χ1n) is 8.46. The Morgan fingerprint density at radius 1 is 1.04 bits per heavy atom. The maximum Gasteiger partial charge on any atom is 0.251 e. The molecule has 1 N–H and O–H groups in total. The van der Waals surface area contributed by atoms with Crippen LogP contribution in [0.15, 0.2) is 42.5 Å². The highest BCUT2D eigenvalue weighted by molar-refractivity contribution is 5.94. The van der Waals surface area contributed by atoms with Crippen LogP contribution in [0.25, 0.3) is 0 Å². The zero-order valence-corrected chi connectivity index (χ0v) is 13.2. The zero-order valence-electron chi connectivity index (χ0n) is 13.2. The topological polar surface area (TPSA) is 38.3 Å². The van der Waals surface area contributed by atoms with Crippen molar-refractivity contribution in [2.45, 2.75) is 38.1 Å². The number of nitrogens with one attached hydrogen (secondary N) is 1. The van der Waals surface area contributed by atoms with Crippen LogP contribution in [0.5, 0.6) is 5.75 Å². The lowest BCUT2D eigenvalue weighted by Gasteiger charge is -2.26. The van der Waals surface area contributed by atoms with Crippen LogP contribution in [-0.4, -0.2) is 12.5 Å². The summed E-state index contributed by atoms with van der Waals surface area (Å²) in [6, 6.07) is 14.2. The zero-order chi connectivity index (χ0) is 15.6. The highest BCUT2D eigenvalue weighted by Gasteiger charge is 2.23. The van der Waals surface area contributed by atoms with Gasteiger partial charge in [-0.25, -0.2) is 0 Å². The van der Waals surface area contributed by atoms with E-state index in [1.165, 1.54) is 24.0 Å². The van der Waals surface area contributed by atoms with Gasteiger partial charge in [0, 0.05) is 17.5 Å². The van der Waals surface area contributed by atoms with Gasteiger partial charge in [0.2, 0.25) is 0 Å². The Morgan fingerprint density at radius 3 is 2.78 bits per heavy atom. The molecule has 1 heterocycles. The Morgan fingerprint density at radius 2 is 1.87 bits per heavy atom. The van der Waals surface area contributed by atoms with Crippen molar-refractivity contribution in [3.05, 3.63) is 64.7 Å². The average Bonchev–Trinajstić information content (AvgIpc) is 2.61. The number of benzene rings is 2. The van der Waals surface area contributed by atoms with E-state index in [-0.39, 0.29) is 11.9 Å². The van der Waals surface area contributed by atoms with E-state index < -0.39 is 0 Å². The summed E-state index contributed by atoms with van der Waals surface area (Å²) in [5, 5.41) is 3.18. The van der Waals surface area contributed by atoms with Gasteiger partial charge in [0.15, 0.2) is 0 Å². The number of carbonyl (C=O) groups is 1. The molecule has 1 amide bonds. The highest BCUT2D eigenvalue weighted by Crippen LogP contribution is 2.32. The molecule has 3 nitrogen and oxygen atoms in total. The molecule has 0 aromatic heterocycles. The van der Waals surface area contributed by atoms with Crippen molar-refractivity contribution < 1.29 is 9.53 Å². The normalized spacial score (nSPS) is 19.2. The van der Waals surface area contributed by atoms with Crippen molar-refractivity contribution in [3.8, 4) is 5.75 Å². The lowest BCUT2D eigenvalue weighted by atomic mass is 9.90. The molecular formula is C20H21NO2. The Labute approximate surface area is 136 Å². The quantitative estimate of drug-likeness (QED) is 0.916. The summed E-state index contributed by atoms with van der Waals surface area (Å²) in [6.45, 7) is 0.645. The van der Waals surface area contributed by atoms with Crippen molar-refractivity contribution in [1.29, 1.82) is 0 Å². The SMILES string of the molecule is O=C(N[C@@H]1CCOc2ccccc21)c1ccc2c(c1)CCCC2. The number of aryl methyl sites for hydroxylation is 2. The minimum Gasteiger partial charge on any atom is -0.493 e. The summed E-state index contributed by atoms with van der Waals surface area (Å²) in [4.78, 5) is 12.7. The first-order valence-corrected chi connectivity index (χ1v) is 8.46. The fourth-order valence-electron chi connectivity index (χ4n) is 3.61. The lowest BCUT2D eigenvalue weighted by Crippen LogP contribution is -2.32. The van der Waals surface area contributed by atoms with E-state index >= 15 is 0 Å². The molecule has 1 aliphatic carbocycles. The molecule has 23 heavy (non-hydrogen) atoms. The smallest absolute Gasteiger partial charge is 0.251 e. The van der Waals surface area contributed by atoms with Gasteiger partial charge in [0.25, 0.3) is 5.91 Å². The summed E-state index contributed by atoms with van der Waals surface area (Å²) in [6.07, 6.45) is 5.54. The van der Waals surface area contributed by atoms with Gasteiger partial charge in [0.1, 0.15) is 5.75 Å². The predicted octanol–water partition coefficient (Wildman–Crippen LogP) is 3.82. The van der Waals surface area contributed by atoms with E-state index in [1.54, 1.807) is 0 Å². The third-order valence-electron chi connectivity index (χ3n) is 4.87. The van der Waals surface area contributed by atoms with E-state index in [9.17, 15) is 4.79 Å². The molecule has 118 valence electrons. The monoisotopic (exact) mass is 307 g/mol. The standard InChI is InChI=1S/C20H21NO2/c22-20(16-10-9-14-5-1-2-6-15(14)13-16)21-18-11-12-23-19-8-4-3-7-17(18)19/h3-4,7-10,13,18H,1-2,5-6,11-12H2,(H,21,22)/t18-/m1/s1. The summed E-state index contributed by atoms with van der Waals surface area (Å²) in [7, 11) is 0. The molecule has 2 aromatic rings. The van der Waals surface area contributed by atoms with Crippen LogP contribution in [0, 0.1) is 0 Å². The third-order valence-corrected chi connectivity index (χ3v) is 4.87. The number of fused-ring (bicyclic) bond motifs is 2. The van der Waals surface area contributed by atoms with Crippen LogP contribution in [-0.2, 0) is 12.8 Å². The highest BCUT2D eigenvalue weighted by atomic mass is 16.5. The van der Waals surface area contributed by atoms with Gasteiger partial charge in [-0.05, 0) is 55.0 Å². The molecule has 3 heteroatoms.